The Labute approximate surface area is 94.6 Å². The third kappa shape index (κ3) is 2.09. The minimum atomic E-state index is 0.0474. The number of aryl methyl sites for hydroxylation is 1. The Morgan fingerprint density at radius 1 is 1.31 bits per heavy atom. The summed E-state index contributed by atoms with van der Waals surface area (Å²) in [6.07, 6.45) is 8.80. The molecule has 16 heavy (non-hydrogen) atoms. The Morgan fingerprint density at radius 2 is 2.19 bits per heavy atom. The fraction of sp³-hybridized carbons (Fsp3) is 0.364. The minimum Gasteiger partial charge on any atom is -0.336 e. The molecule has 1 N–H and O–H groups in total. The molecule has 0 spiro atoms. The zero-order chi connectivity index (χ0) is 11.4. The van der Waals surface area contributed by atoms with E-state index in [1.165, 1.54) is 0 Å². The number of aromatic nitrogens is 4. The second-order valence-corrected chi connectivity index (χ2v) is 3.55. The molecule has 0 bridgehead atoms. The van der Waals surface area contributed by atoms with Gasteiger partial charge in [-0.2, -0.15) is 0 Å². The molecule has 5 nitrogen and oxygen atoms in total. The van der Waals surface area contributed by atoms with Crippen LogP contribution in [0.3, 0.4) is 0 Å². The van der Waals surface area contributed by atoms with Crippen LogP contribution in [0, 0.1) is 0 Å². The van der Waals surface area contributed by atoms with Crippen LogP contribution in [0.2, 0.25) is 0 Å². The second-order valence-electron chi connectivity index (χ2n) is 3.55. The van der Waals surface area contributed by atoms with Crippen LogP contribution in [-0.2, 0) is 7.05 Å². The second kappa shape index (κ2) is 4.85. The summed E-state index contributed by atoms with van der Waals surface area (Å²) in [6, 6.07) is 0.0474. The number of imidazole rings is 1. The van der Waals surface area contributed by atoms with Crippen LogP contribution in [-0.4, -0.2) is 26.1 Å². The topological polar surface area (TPSA) is 55.6 Å². The van der Waals surface area contributed by atoms with Gasteiger partial charge in [0.1, 0.15) is 0 Å². The Hall–Kier alpha value is -1.75. The summed E-state index contributed by atoms with van der Waals surface area (Å²) in [5.41, 5.74) is 2.00. The molecule has 5 heteroatoms. The molecule has 2 aromatic rings. The van der Waals surface area contributed by atoms with Gasteiger partial charge >= 0.3 is 0 Å². The summed E-state index contributed by atoms with van der Waals surface area (Å²) in [7, 11) is 1.98. The van der Waals surface area contributed by atoms with Crippen LogP contribution >= 0.6 is 0 Å². The number of rotatable bonds is 4. The van der Waals surface area contributed by atoms with E-state index in [-0.39, 0.29) is 6.04 Å². The van der Waals surface area contributed by atoms with Crippen molar-refractivity contribution in [2.75, 3.05) is 6.54 Å². The van der Waals surface area contributed by atoms with E-state index in [0.717, 1.165) is 17.9 Å². The Balaban J connectivity index is 2.35. The van der Waals surface area contributed by atoms with E-state index in [1.54, 1.807) is 24.9 Å². The van der Waals surface area contributed by atoms with Crippen molar-refractivity contribution in [3.63, 3.8) is 0 Å². The molecule has 0 saturated carbocycles. The molecule has 0 aromatic carbocycles. The zero-order valence-electron chi connectivity index (χ0n) is 9.46. The first-order chi connectivity index (χ1) is 7.83. The van der Waals surface area contributed by atoms with Crippen LogP contribution in [0.5, 0.6) is 0 Å². The fourth-order valence-corrected chi connectivity index (χ4v) is 1.67. The van der Waals surface area contributed by atoms with Crippen molar-refractivity contribution in [1.29, 1.82) is 0 Å². The molecule has 1 unspecified atom stereocenters. The van der Waals surface area contributed by atoms with Gasteiger partial charge in [-0.15, -0.1) is 0 Å². The molecule has 0 radical (unpaired) electrons. The number of nitrogens with one attached hydrogen (secondary N) is 1. The molecule has 84 valence electrons. The molecule has 0 fully saturated rings. The lowest BCUT2D eigenvalue weighted by Gasteiger charge is -2.17. The summed E-state index contributed by atoms with van der Waals surface area (Å²) in [5.74, 6) is 0. The van der Waals surface area contributed by atoms with E-state index in [0.29, 0.717) is 0 Å². The Kier molecular flexibility index (Phi) is 3.26. The van der Waals surface area contributed by atoms with Crippen molar-refractivity contribution < 1.29 is 0 Å². The van der Waals surface area contributed by atoms with Crippen molar-refractivity contribution in [1.82, 2.24) is 24.8 Å². The maximum Gasteiger partial charge on any atom is 0.0946 e. The van der Waals surface area contributed by atoms with Gasteiger partial charge in [-0.1, -0.05) is 6.92 Å². The predicted molar refractivity (Wildman–Crippen MR) is 60.8 cm³/mol. The summed E-state index contributed by atoms with van der Waals surface area (Å²) in [5, 5.41) is 3.38. The molecule has 2 heterocycles. The standard InChI is InChI=1S/C11H15N5/c1-3-14-11(9-6-12-4-5-15-9)10-7-13-8-16(10)2/h4-8,11,14H,3H2,1-2H3. The lowest BCUT2D eigenvalue weighted by Crippen LogP contribution is -2.24. The van der Waals surface area contributed by atoms with E-state index in [4.69, 9.17) is 0 Å². The molecule has 0 saturated heterocycles. The Morgan fingerprint density at radius 3 is 2.75 bits per heavy atom. The van der Waals surface area contributed by atoms with Crippen molar-refractivity contribution >= 4 is 0 Å². The summed E-state index contributed by atoms with van der Waals surface area (Å²) in [4.78, 5) is 12.5. The van der Waals surface area contributed by atoms with Gasteiger partial charge < -0.3 is 9.88 Å². The molecule has 0 amide bonds. The van der Waals surface area contributed by atoms with E-state index < -0.39 is 0 Å². The van der Waals surface area contributed by atoms with Crippen molar-refractivity contribution in [3.05, 3.63) is 42.5 Å². The van der Waals surface area contributed by atoms with Gasteiger partial charge in [0.25, 0.3) is 0 Å². The summed E-state index contributed by atoms with van der Waals surface area (Å²) in [6.45, 7) is 2.94. The van der Waals surface area contributed by atoms with Crippen LogP contribution in [0.15, 0.2) is 31.1 Å². The monoisotopic (exact) mass is 217 g/mol. The van der Waals surface area contributed by atoms with Gasteiger partial charge in [-0.25, -0.2) is 4.98 Å². The molecule has 0 aliphatic heterocycles. The average Bonchev–Trinajstić information content (AvgIpc) is 2.73. The summed E-state index contributed by atoms with van der Waals surface area (Å²) < 4.78 is 1.99. The first-order valence-electron chi connectivity index (χ1n) is 5.28. The van der Waals surface area contributed by atoms with Crippen molar-refractivity contribution in [2.45, 2.75) is 13.0 Å². The minimum absolute atomic E-state index is 0.0474. The lowest BCUT2D eigenvalue weighted by atomic mass is 10.1. The van der Waals surface area contributed by atoms with Crippen LogP contribution in [0.4, 0.5) is 0 Å². The molecule has 1 atom stereocenters. The van der Waals surface area contributed by atoms with Gasteiger partial charge in [0.15, 0.2) is 0 Å². The lowest BCUT2D eigenvalue weighted by molar-refractivity contribution is 0.578. The molecule has 0 aliphatic carbocycles. The third-order valence-electron chi connectivity index (χ3n) is 2.44. The maximum atomic E-state index is 4.33. The predicted octanol–water partition coefficient (Wildman–Crippen LogP) is 0.909. The van der Waals surface area contributed by atoms with Gasteiger partial charge in [0.2, 0.25) is 0 Å². The van der Waals surface area contributed by atoms with Crippen molar-refractivity contribution in [2.24, 2.45) is 7.05 Å². The average molecular weight is 217 g/mol. The molecular weight excluding hydrogens is 202 g/mol. The first kappa shape index (κ1) is 10.8. The van der Waals surface area contributed by atoms with Crippen LogP contribution < -0.4 is 5.32 Å². The molecule has 2 aromatic heterocycles. The van der Waals surface area contributed by atoms with Crippen LogP contribution in [0.1, 0.15) is 24.4 Å². The highest BCUT2D eigenvalue weighted by molar-refractivity contribution is 5.18. The SMILES string of the molecule is CCNC(c1cnccn1)c1cncn1C. The highest BCUT2D eigenvalue weighted by Crippen LogP contribution is 2.18. The van der Waals surface area contributed by atoms with E-state index in [1.807, 2.05) is 17.8 Å². The first-order valence-corrected chi connectivity index (χ1v) is 5.28. The van der Waals surface area contributed by atoms with E-state index in [2.05, 4.69) is 27.2 Å². The van der Waals surface area contributed by atoms with Gasteiger partial charge in [-0.3, -0.25) is 9.97 Å². The van der Waals surface area contributed by atoms with Crippen molar-refractivity contribution in [3.8, 4) is 0 Å². The van der Waals surface area contributed by atoms with Gasteiger partial charge in [-0.05, 0) is 6.54 Å². The van der Waals surface area contributed by atoms with E-state index >= 15 is 0 Å². The summed E-state index contributed by atoms with van der Waals surface area (Å²) >= 11 is 0. The molecule has 0 aliphatic rings. The van der Waals surface area contributed by atoms with E-state index in [9.17, 15) is 0 Å². The molecule has 2 rings (SSSR count). The highest BCUT2D eigenvalue weighted by Gasteiger charge is 2.17. The number of nitrogens with zero attached hydrogens (tertiary/aromatic N) is 4. The Bertz CT molecular complexity index is 437. The largest absolute Gasteiger partial charge is 0.336 e. The zero-order valence-corrected chi connectivity index (χ0v) is 9.46. The number of hydrogen-bond donors (Lipinski definition) is 1. The van der Waals surface area contributed by atoms with Gasteiger partial charge in [0, 0.05) is 19.4 Å². The maximum absolute atomic E-state index is 4.33. The van der Waals surface area contributed by atoms with Gasteiger partial charge in [0.05, 0.1) is 36.2 Å². The smallest absolute Gasteiger partial charge is 0.0946 e. The number of hydrogen-bond acceptors (Lipinski definition) is 4. The van der Waals surface area contributed by atoms with Crippen LogP contribution in [0.25, 0.3) is 0 Å². The molecular formula is C11H15N5. The fourth-order valence-electron chi connectivity index (χ4n) is 1.67. The quantitative estimate of drug-likeness (QED) is 0.827. The normalized spacial score (nSPS) is 12.6. The highest BCUT2D eigenvalue weighted by atomic mass is 15.1. The third-order valence-corrected chi connectivity index (χ3v) is 2.44.